The van der Waals surface area contributed by atoms with E-state index in [1.54, 1.807) is 0 Å². The Morgan fingerprint density at radius 2 is 1.92 bits per heavy atom. The second-order valence-corrected chi connectivity index (χ2v) is 2.02. The van der Waals surface area contributed by atoms with Gasteiger partial charge in [-0.2, -0.15) is 0 Å². The molecule has 0 aromatic rings. The number of carboxylic acid groups (broad SMARTS) is 2. The lowest BCUT2D eigenvalue weighted by Crippen LogP contribution is -2.27. The summed E-state index contributed by atoms with van der Waals surface area (Å²) in [5.41, 5.74) is 0. The standard InChI is InChI=1S/C6H10O6/c7-1-2-12-4(6(10)11)3-5(8)9/h4,7H,1-3H2,(H,8,9)(H,10,11)/t4-/m0/s1. The number of aliphatic hydroxyl groups is 1. The Bertz CT molecular complexity index is 165. The van der Waals surface area contributed by atoms with Gasteiger partial charge in [-0.1, -0.05) is 0 Å². The SMILES string of the molecule is O=C(O)C[C@H](OCCO)C(=O)O. The van der Waals surface area contributed by atoms with Crippen molar-refractivity contribution in [3.8, 4) is 0 Å². The first-order chi connectivity index (χ1) is 5.57. The molecule has 0 spiro atoms. The van der Waals surface area contributed by atoms with Crippen molar-refractivity contribution in [3.05, 3.63) is 0 Å². The minimum atomic E-state index is -1.38. The van der Waals surface area contributed by atoms with E-state index >= 15 is 0 Å². The predicted octanol–water partition coefficient (Wildman–Crippen LogP) is -1.08. The Kier molecular flexibility index (Phi) is 4.98. The van der Waals surface area contributed by atoms with Crippen molar-refractivity contribution in [1.29, 1.82) is 0 Å². The van der Waals surface area contributed by atoms with Crippen LogP contribution in [-0.4, -0.2) is 46.6 Å². The van der Waals surface area contributed by atoms with Crippen LogP contribution < -0.4 is 0 Å². The van der Waals surface area contributed by atoms with Crippen molar-refractivity contribution in [3.63, 3.8) is 0 Å². The first-order valence-corrected chi connectivity index (χ1v) is 3.25. The topological polar surface area (TPSA) is 104 Å². The molecule has 0 rings (SSSR count). The molecule has 0 aliphatic carbocycles. The number of carbonyl (C=O) groups is 2. The van der Waals surface area contributed by atoms with Crippen LogP contribution in [0.4, 0.5) is 0 Å². The first-order valence-electron chi connectivity index (χ1n) is 3.25. The van der Waals surface area contributed by atoms with E-state index in [2.05, 4.69) is 4.74 Å². The molecule has 6 heteroatoms. The summed E-state index contributed by atoms with van der Waals surface area (Å²) < 4.78 is 4.53. The molecule has 12 heavy (non-hydrogen) atoms. The fourth-order valence-electron chi connectivity index (χ4n) is 0.571. The average Bonchev–Trinajstić information content (AvgIpc) is 1.96. The van der Waals surface area contributed by atoms with Crippen LogP contribution >= 0.6 is 0 Å². The maximum Gasteiger partial charge on any atom is 0.333 e. The third kappa shape index (κ3) is 4.64. The summed E-state index contributed by atoms with van der Waals surface area (Å²) in [7, 11) is 0. The average molecular weight is 178 g/mol. The van der Waals surface area contributed by atoms with Crippen LogP contribution in [0.2, 0.25) is 0 Å². The highest BCUT2D eigenvalue weighted by molar-refractivity contribution is 5.79. The molecule has 0 aromatic carbocycles. The third-order valence-electron chi connectivity index (χ3n) is 1.05. The van der Waals surface area contributed by atoms with Gasteiger partial charge >= 0.3 is 11.9 Å². The van der Waals surface area contributed by atoms with Gasteiger partial charge in [-0.25, -0.2) is 4.79 Å². The number of hydrogen-bond acceptors (Lipinski definition) is 4. The van der Waals surface area contributed by atoms with Crippen LogP contribution in [0.25, 0.3) is 0 Å². The third-order valence-corrected chi connectivity index (χ3v) is 1.05. The number of aliphatic carboxylic acids is 2. The van der Waals surface area contributed by atoms with Gasteiger partial charge in [-0.3, -0.25) is 4.79 Å². The summed E-state index contributed by atoms with van der Waals surface area (Å²) in [5.74, 6) is -2.59. The molecule has 0 saturated heterocycles. The molecule has 0 aromatic heterocycles. The monoisotopic (exact) mass is 178 g/mol. The second kappa shape index (κ2) is 5.50. The molecule has 0 aliphatic heterocycles. The van der Waals surface area contributed by atoms with Crippen molar-refractivity contribution < 1.29 is 29.6 Å². The van der Waals surface area contributed by atoms with Crippen LogP contribution in [-0.2, 0) is 14.3 Å². The number of aliphatic hydroxyl groups excluding tert-OH is 1. The van der Waals surface area contributed by atoms with E-state index in [4.69, 9.17) is 15.3 Å². The van der Waals surface area contributed by atoms with E-state index in [1.165, 1.54) is 0 Å². The Morgan fingerprint density at radius 3 is 2.25 bits per heavy atom. The second-order valence-electron chi connectivity index (χ2n) is 2.02. The minimum Gasteiger partial charge on any atom is -0.481 e. The van der Waals surface area contributed by atoms with E-state index < -0.39 is 24.5 Å². The Morgan fingerprint density at radius 1 is 1.33 bits per heavy atom. The molecule has 0 amide bonds. The molecule has 0 unspecified atom stereocenters. The summed E-state index contributed by atoms with van der Waals surface area (Å²) >= 11 is 0. The molecule has 0 radical (unpaired) electrons. The number of carboxylic acids is 2. The Hall–Kier alpha value is -1.14. The van der Waals surface area contributed by atoms with E-state index in [0.717, 1.165) is 0 Å². The maximum absolute atomic E-state index is 10.3. The van der Waals surface area contributed by atoms with Gasteiger partial charge in [0.15, 0.2) is 6.10 Å². The fraction of sp³-hybridized carbons (Fsp3) is 0.667. The number of ether oxygens (including phenoxy) is 1. The van der Waals surface area contributed by atoms with E-state index in [1.807, 2.05) is 0 Å². The number of rotatable bonds is 6. The molecule has 0 heterocycles. The quantitative estimate of drug-likeness (QED) is 0.478. The van der Waals surface area contributed by atoms with Crippen molar-refractivity contribution >= 4 is 11.9 Å². The van der Waals surface area contributed by atoms with Crippen molar-refractivity contribution in [2.24, 2.45) is 0 Å². The zero-order valence-corrected chi connectivity index (χ0v) is 6.27. The smallest absolute Gasteiger partial charge is 0.333 e. The van der Waals surface area contributed by atoms with Gasteiger partial charge in [0.1, 0.15) is 0 Å². The van der Waals surface area contributed by atoms with Gasteiger partial charge < -0.3 is 20.1 Å². The lowest BCUT2D eigenvalue weighted by molar-refractivity contribution is -0.157. The molecule has 70 valence electrons. The molecular weight excluding hydrogens is 168 g/mol. The van der Waals surface area contributed by atoms with E-state index in [9.17, 15) is 9.59 Å². The predicted molar refractivity (Wildman–Crippen MR) is 36.7 cm³/mol. The van der Waals surface area contributed by atoms with Crippen LogP contribution in [0.15, 0.2) is 0 Å². The molecule has 0 saturated carbocycles. The summed E-state index contributed by atoms with van der Waals surface area (Å²) in [6.45, 7) is -0.506. The largest absolute Gasteiger partial charge is 0.481 e. The zero-order chi connectivity index (χ0) is 9.56. The summed E-state index contributed by atoms with van der Waals surface area (Å²) in [6.07, 6.45) is -1.98. The van der Waals surface area contributed by atoms with Crippen LogP contribution in [0.1, 0.15) is 6.42 Å². The van der Waals surface area contributed by atoms with E-state index in [-0.39, 0.29) is 13.2 Å². The molecule has 6 nitrogen and oxygen atoms in total. The summed E-state index contributed by atoms with van der Waals surface area (Å²) in [5, 5.41) is 24.9. The minimum absolute atomic E-state index is 0.176. The summed E-state index contributed by atoms with van der Waals surface area (Å²) in [4.78, 5) is 20.3. The first kappa shape index (κ1) is 10.9. The van der Waals surface area contributed by atoms with Gasteiger partial charge in [0, 0.05) is 0 Å². The maximum atomic E-state index is 10.3. The van der Waals surface area contributed by atoms with Gasteiger partial charge in [-0.05, 0) is 0 Å². The Labute approximate surface area is 68.4 Å². The number of hydrogen-bond donors (Lipinski definition) is 3. The molecular formula is C6H10O6. The Balaban J connectivity index is 3.87. The summed E-state index contributed by atoms with van der Waals surface area (Å²) in [6, 6.07) is 0. The molecule has 0 fully saturated rings. The highest BCUT2D eigenvalue weighted by Crippen LogP contribution is 1.98. The molecule has 1 atom stereocenters. The van der Waals surface area contributed by atoms with Crippen LogP contribution in [0.5, 0.6) is 0 Å². The van der Waals surface area contributed by atoms with Crippen LogP contribution in [0.3, 0.4) is 0 Å². The molecule has 3 N–H and O–H groups in total. The van der Waals surface area contributed by atoms with Crippen LogP contribution in [0, 0.1) is 0 Å². The van der Waals surface area contributed by atoms with Crippen molar-refractivity contribution in [2.45, 2.75) is 12.5 Å². The van der Waals surface area contributed by atoms with Gasteiger partial charge in [0.2, 0.25) is 0 Å². The molecule has 0 bridgehead atoms. The van der Waals surface area contributed by atoms with Crippen molar-refractivity contribution in [2.75, 3.05) is 13.2 Å². The highest BCUT2D eigenvalue weighted by atomic mass is 16.5. The van der Waals surface area contributed by atoms with E-state index in [0.29, 0.717) is 0 Å². The normalized spacial score (nSPS) is 12.4. The van der Waals surface area contributed by atoms with Gasteiger partial charge in [-0.15, -0.1) is 0 Å². The van der Waals surface area contributed by atoms with Gasteiger partial charge in [0.25, 0.3) is 0 Å². The van der Waals surface area contributed by atoms with Gasteiger partial charge in [0.05, 0.1) is 19.6 Å². The molecule has 0 aliphatic rings. The fourth-order valence-corrected chi connectivity index (χ4v) is 0.571. The highest BCUT2D eigenvalue weighted by Gasteiger charge is 2.20. The van der Waals surface area contributed by atoms with Crippen molar-refractivity contribution in [1.82, 2.24) is 0 Å². The zero-order valence-electron chi connectivity index (χ0n) is 6.27. The lowest BCUT2D eigenvalue weighted by Gasteiger charge is -2.09. The lowest BCUT2D eigenvalue weighted by atomic mass is 10.2.